The number of non-ortho nitro benzene ring substituents is 1. The minimum atomic E-state index is -0.408. The number of nitro groups is 1. The van der Waals surface area contributed by atoms with Crippen molar-refractivity contribution in [1.82, 2.24) is 19.7 Å². The van der Waals surface area contributed by atoms with Crippen molar-refractivity contribution in [1.29, 1.82) is 0 Å². The van der Waals surface area contributed by atoms with Crippen LogP contribution in [0.15, 0.2) is 30.6 Å². The van der Waals surface area contributed by atoms with E-state index in [-0.39, 0.29) is 5.69 Å². The first-order chi connectivity index (χ1) is 11.0. The second kappa shape index (κ2) is 6.45. The van der Waals surface area contributed by atoms with E-state index >= 15 is 0 Å². The van der Waals surface area contributed by atoms with Gasteiger partial charge in [-0.15, -0.1) is 5.10 Å². The molecule has 1 aromatic heterocycles. The summed E-state index contributed by atoms with van der Waals surface area (Å²) in [5.74, 6) is 1.22. The zero-order valence-corrected chi connectivity index (χ0v) is 13.4. The van der Waals surface area contributed by atoms with Gasteiger partial charge in [0.15, 0.2) is 5.82 Å². The van der Waals surface area contributed by atoms with E-state index in [1.54, 1.807) is 18.5 Å². The summed E-state index contributed by atoms with van der Waals surface area (Å²) in [6, 6.07) is 7.00. The summed E-state index contributed by atoms with van der Waals surface area (Å²) in [5.41, 5.74) is 0.862. The molecule has 1 aromatic carbocycles. The fraction of sp³-hybridized carbons (Fsp3) is 0.500. The predicted octanol–water partition coefficient (Wildman–Crippen LogP) is 2.93. The molecule has 7 heteroatoms. The zero-order valence-electron chi connectivity index (χ0n) is 13.4. The summed E-state index contributed by atoms with van der Waals surface area (Å²) in [6.07, 6.45) is 4.25. The highest BCUT2D eigenvalue weighted by Crippen LogP contribution is 2.28. The molecule has 0 spiro atoms. The topological polar surface area (TPSA) is 77.1 Å². The largest absolute Gasteiger partial charge is 0.281 e. The van der Waals surface area contributed by atoms with Crippen LogP contribution in [0.2, 0.25) is 0 Å². The lowest BCUT2D eigenvalue weighted by molar-refractivity contribution is -0.384. The molecular weight excluding hydrogens is 294 g/mol. The molecule has 1 fully saturated rings. The molecule has 0 aliphatic heterocycles. The maximum atomic E-state index is 10.7. The van der Waals surface area contributed by atoms with E-state index < -0.39 is 4.92 Å². The molecule has 0 N–H and O–H groups in total. The molecule has 0 amide bonds. The average molecular weight is 315 g/mol. The second-order valence-corrected chi connectivity index (χ2v) is 6.45. The van der Waals surface area contributed by atoms with Crippen LogP contribution in [-0.2, 0) is 6.67 Å². The van der Waals surface area contributed by atoms with E-state index in [1.807, 2.05) is 4.68 Å². The van der Waals surface area contributed by atoms with Gasteiger partial charge in [0.25, 0.3) is 5.69 Å². The molecule has 23 heavy (non-hydrogen) atoms. The number of nitrogens with zero attached hydrogens (tertiary/aromatic N) is 5. The van der Waals surface area contributed by atoms with Crippen molar-refractivity contribution < 1.29 is 4.92 Å². The normalized spacial score (nSPS) is 14.6. The minimum Gasteiger partial charge on any atom is -0.281 e. The first-order valence-corrected chi connectivity index (χ1v) is 7.91. The van der Waals surface area contributed by atoms with Gasteiger partial charge >= 0.3 is 0 Å². The van der Waals surface area contributed by atoms with Crippen LogP contribution in [0.4, 0.5) is 5.69 Å². The van der Waals surface area contributed by atoms with Crippen LogP contribution in [-0.4, -0.2) is 37.2 Å². The first kappa shape index (κ1) is 15.6. The molecule has 1 heterocycles. The number of hydrogen-bond donors (Lipinski definition) is 0. The van der Waals surface area contributed by atoms with Crippen LogP contribution < -0.4 is 0 Å². The minimum absolute atomic E-state index is 0.0741. The van der Waals surface area contributed by atoms with Crippen molar-refractivity contribution in [2.45, 2.75) is 39.4 Å². The van der Waals surface area contributed by atoms with Crippen molar-refractivity contribution in [2.24, 2.45) is 5.92 Å². The summed E-state index contributed by atoms with van der Waals surface area (Å²) < 4.78 is 1.84. The highest BCUT2D eigenvalue weighted by atomic mass is 16.6. The maximum Gasteiger partial charge on any atom is 0.269 e. The van der Waals surface area contributed by atoms with Crippen molar-refractivity contribution in [2.75, 3.05) is 6.54 Å². The highest BCUT2D eigenvalue weighted by molar-refractivity contribution is 5.56. The van der Waals surface area contributed by atoms with E-state index in [0.29, 0.717) is 17.8 Å². The molecule has 0 radical (unpaired) electrons. The van der Waals surface area contributed by atoms with E-state index in [2.05, 4.69) is 28.8 Å². The van der Waals surface area contributed by atoms with Crippen molar-refractivity contribution >= 4 is 5.69 Å². The molecule has 0 unspecified atom stereocenters. The third kappa shape index (κ3) is 3.92. The summed E-state index contributed by atoms with van der Waals surface area (Å²) in [7, 11) is 0. The lowest BCUT2D eigenvalue weighted by atomic mass is 10.2. The molecule has 1 aliphatic rings. The van der Waals surface area contributed by atoms with Gasteiger partial charge in [0, 0.05) is 30.3 Å². The van der Waals surface area contributed by atoms with Crippen LogP contribution in [0.3, 0.4) is 0 Å². The SMILES string of the molecule is CC(C)CN(Cn1cnc(-c2ccc([N+](=O)[O-])cc2)n1)C1CC1. The zero-order chi connectivity index (χ0) is 16.4. The van der Waals surface area contributed by atoms with Gasteiger partial charge in [-0.05, 0) is 30.9 Å². The lowest BCUT2D eigenvalue weighted by Gasteiger charge is -2.23. The van der Waals surface area contributed by atoms with Crippen LogP contribution in [0, 0.1) is 16.0 Å². The van der Waals surface area contributed by atoms with E-state index in [9.17, 15) is 10.1 Å². The molecule has 0 bridgehead atoms. The number of benzene rings is 1. The van der Waals surface area contributed by atoms with E-state index in [4.69, 9.17) is 0 Å². The Morgan fingerprint density at radius 1 is 1.35 bits per heavy atom. The Labute approximate surface area is 135 Å². The first-order valence-electron chi connectivity index (χ1n) is 7.91. The fourth-order valence-electron chi connectivity index (χ4n) is 2.64. The number of aromatic nitrogens is 3. The predicted molar refractivity (Wildman–Crippen MR) is 86.7 cm³/mol. The second-order valence-electron chi connectivity index (χ2n) is 6.45. The molecule has 122 valence electrons. The molecule has 0 saturated heterocycles. The summed E-state index contributed by atoms with van der Waals surface area (Å²) >= 11 is 0. The molecule has 1 saturated carbocycles. The fourth-order valence-corrected chi connectivity index (χ4v) is 2.64. The maximum absolute atomic E-state index is 10.7. The van der Waals surface area contributed by atoms with Crippen LogP contribution in [0.25, 0.3) is 11.4 Å². The van der Waals surface area contributed by atoms with Gasteiger partial charge in [0.1, 0.15) is 6.33 Å². The van der Waals surface area contributed by atoms with Crippen molar-refractivity contribution in [3.8, 4) is 11.4 Å². The Morgan fingerprint density at radius 2 is 2.04 bits per heavy atom. The molecule has 7 nitrogen and oxygen atoms in total. The summed E-state index contributed by atoms with van der Waals surface area (Å²) in [6.45, 7) is 6.23. The Kier molecular flexibility index (Phi) is 4.38. The van der Waals surface area contributed by atoms with Crippen molar-refractivity contribution in [3.63, 3.8) is 0 Å². The van der Waals surface area contributed by atoms with Gasteiger partial charge in [-0.25, -0.2) is 9.67 Å². The third-order valence-electron chi connectivity index (χ3n) is 3.86. The molecule has 2 aromatic rings. The van der Waals surface area contributed by atoms with Crippen LogP contribution in [0.5, 0.6) is 0 Å². The van der Waals surface area contributed by atoms with Gasteiger partial charge in [-0.1, -0.05) is 13.8 Å². The molecule has 3 rings (SSSR count). The van der Waals surface area contributed by atoms with Crippen molar-refractivity contribution in [3.05, 3.63) is 40.7 Å². The number of nitro benzene ring substituents is 1. The Morgan fingerprint density at radius 3 is 2.61 bits per heavy atom. The van der Waals surface area contributed by atoms with E-state index in [0.717, 1.165) is 18.8 Å². The van der Waals surface area contributed by atoms with Gasteiger partial charge in [-0.3, -0.25) is 15.0 Å². The third-order valence-corrected chi connectivity index (χ3v) is 3.86. The highest BCUT2D eigenvalue weighted by Gasteiger charge is 2.29. The van der Waals surface area contributed by atoms with Gasteiger partial charge in [-0.2, -0.15) is 0 Å². The molecule has 0 atom stereocenters. The summed E-state index contributed by atoms with van der Waals surface area (Å²) in [5, 5.41) is 15.2. The Bertz CT molecular complexity index is 676. The van der Waals surface area contributed by atoms with Gasteiger partial charge < -0.3 is 0 Å². The monoisotopic (exact) mass is 315 g/mol. The number of hydrogen-bond acceptors (Lipinski definition) is 5. The van der Waals surface area contributed by atoms with E-state index in [1.165, 1.54) is 25.0 Å². The average Bonchev–Trinajstić information content (AvgIpc) is 3.26. The smallest absolute Gasteiger partial charge is 0.269 e. The summed E-state index contributed by atoms with van der Waals surface area (Å²) in [4.78, 5) is 17.1. The quantitative estimate of drug-likeness (QED) is 0.580. The Hall–Kier alpha value is -2.28. The van der Waals surface area contributed by atoms with Crippen LogP contribution in [0.1, 0.15) is 26.7 Å². The van der Waals surface area contributed by atoms with Crippen LogP contribution >= 0.6 is 0 Å². The Balaban J connectivity index is 1.70. The molecule has 1 aliphatic carbocycles. The van der Waals surface area contributed by atoms with Gasteiger partial charge in [0.2, 0.25) is 0 Å². The molecular formula is C16H21N5O2. The lowest BCUT2D eigenvalue weighted by Crippen LogP contribution is -2.32. The number of rotatable bonds is 7. The van der Waals surface area contributed by atoms with Gasteiger partial charge in [0.05, 0.1) is 11.6 Å². The standard InChI is InChI=1S/C16H21N5O2/c1-12(2)9-19(14-7-8-14)11-20-10-17-16(18-20)13-3-5-15(6-4-13)21(22)23/h3-6,10,12,14H,7-9,11H2,1-2H3.